The van der Waals surface area contributed by atoms with Crippen LogP contribution in [0.2, 0.25) is 0 Å². The van der Waals surface area contributed by atoms with Gasteiger partial charge in [-0.2, -0.15) is 0 Å². The minimum atomic E-state index is -1.13. The smallest absolute Gasteiger partial charge is 0.346 e. The van der Waals surface area contributed by atoms with Crippen LogP contribution in [0.1, 0.15) is 53.3 Å². The zero-order valence-electron chi connectivity index (χ0n) is 14.7. The van der Waals surface area contributed by atoms with E-state index < -0.39 is 40.3 Å². The fourth-order valence-electron chi connectivity index (χ4n) is 2.52. The van der Waals surface area contributed by atoms with E-state index in [1.807, 2.05) is 6.92 Å². The van der Waals surface area contributed by atoms with E-state index in [1.54, 1.807) is 18.2 Å². The Morgan fingerprint density at radius 1 is 1.08 bits per heavy atom. The van der Waals surface area contributed by atoms with Gasteiger partial charge in [-0.25, -0.2) is 13.6 Å². The maximum Gasteiger partial charge on any atom is 0.346 e. The van der Waals surface area contributed by atoms with Crippen LogP contribution in [0, 0.1) is 11.6 Å². The summed E-state index contributed by atoms with van der Waals surface area (Å²) in [5, 5.41) is 0. The number of ketones is 1. The number of carbonyl (C=O) groups is 2. The van der Waals surface area contributed by atoms with Gasteiger partial charge in [0, 0.05) is 6.42 Å². The van der Waals surface area contributed by atoms with Crippen molar-refractivity contribution in [1.29, 1.82) is 0 Å². The van der Waals surface area contributed by atoms with Gasteiger partial charge in [-0.15, -0.1) is 0 Å². The molecule has 6 heteroatoms. The molecule has 0 aliphatic rings. The zero-order valence-corrected chi connectivity index (χ0v) is 14.7. The molecule has 0 fully saturated rings. The average molecular weight is 362 g/mol. The molecule has 138 valence electrons. The highest BCUT2D eigenvalue weighted by molar-refractivity contribution is 6.02. The minimum absolute atomic E-state index is 0.0394. The molecule has 4 nitrogen and oxygen atoms in total. The Balaban J connectivity index is 2.38. The Bertz CT molecular complexity index is 788. The molecule has 0 spiro atoms. The number of Topliss-reactive ketones (excluding diaryl/α,β-unsaturated/α-hetero) is 1. The van der Waals surface area contributed by atoms with Crippen molar-refractivity contribution in [2.75, 3.05) is 7.11 Å². The highest BCUT2D eigenvalue weighted by Gasteiger charge is 2.28. The summed E-state index contributed by atoms with van der Waals surface area (Å²) >= 11 is 0. The number of hydrogen-bond acceptors (Lipinski definition) is 4. The van der Waals surface area contributed by atoms with Crippen LogP contribution in [-0.2, 0) is 0 Å². The van der Waals surface area contributed by atoms with Gasteiger partial charge < -0.3 is 9.47 Å². The Morgan fingerprint density at radius 3 is 2.38 bits per heavy atom. The predicted molar refractivity (Wildman–Crippen MR) is 92.8 cm³/mol. The van der Waals surface area contributed by atoms with E-state index in [0.29, 0.717) is 12.5 Å². The van der Waals surface area contributed by atoms with Gasteiger partial charge in [0.2, 0.25) is 0 Å². The summed E-state index contributed by atoms with van der Waals surface area (Å²) in [4.78, 5) is 24.6. The van der Waals surface area contributed by atoms with Crippen molar-refractivity contribution in [2.45, 2.75) is 32.6 Å². The van der Waals surface area contributed by atoms with Crippen molar-refractivity contribution >= 4 is 11.8 Å². The summed E-state index contributed by atoms with van der Waals surface area (Å²) in [6.07, 6.45) is 2.24. The molecule has 0 atom stereocenters. The first-order valence-corrected chi connectivity index (χ1v) is 8.36. The Kier molecular flexibility index (Phi) is 6.83. The highest BCUT2D eigenvalue weighted by Crippen LogP contribution is 2.30. The third-order valence-electron chi connectivity index (χ3n) is 3.84. The van der Waals surface area contributed by atoms with Crippen LogP contribution in [0.4, 0.5) is 8.78 Å². The van der Waals surface area contributed by atoms with Crippen molar-refractivity contribution in [1.82, 2.24) is 0 Å². The second-order valence-electron chi connectivity index (χ2n) is 5.71. The molecule has 0 aliphatic carbocycles. The first-order chi connectivity index (χ1) is 12.5. The number of esters is 1. The summed E-state index contributed by atoms with van der Waals surface area (Å²) in [5.74, 6) is -4.14. The summed E-state index contributed by atoms with van der Waals surface area (Å²) in [5.41, 5.74) is -1.20. The van der Waals surface area contributed by atoms with E-state index in [2.05, 4.69) is 0 Å². The summed E-state index contributed by atoms with van der Waals surface area (Å²) in [6, 6.07) is 8.69. The number of methoxy groups -OCH3 is 1. The van der Waals surface area contributed by atoms with Gasteiger partial charge in [-0.05, 0) is 24.6 Å². The number of hydrogen-bond donors (Lipinski definition) is 0. The number of unbranched alkanes of at least 4 members (excludes halogenated alkanes) is 2. The number of carbonyl (C=O) groups excluding carboxylic acids is 2. The van der Waals surface area contributed by atoms with Gasteiger partial charge in [0.15, 0.2) is 23.2 Å². The summed E-state index contributed by atoms with van der Waals surface area (Å²) in [6.45, 7) is 1.96. The zero-order chi connectivity index (χ0) is 19.1. The molecule has 0 amide bonds. The SMILES string of the molecule is CCCCCC(=O)c1c(F)c(C(=O)Oc2ccccc2)cc(F)c1OC. The molecule has 0 saturated carbocycles. The van der Waals surface area contributed by atoms with Crippen molar-refractivity contribution in [3.63, 3.8) is 0 Å². The number of halogens is 2. The first-order valence-electron chi connectivity index (χ1n) is 8.36. The topological polar surface area (TPSA) is 52.6 Å². The minimum Gasteiger partial charge on any atom is -0.493 e. The van der Waals surface area contributed by atoms with Crippen LogP contribution in [0.3, 0.4) is 0 Å². The standard InChI is InChI=1S/C20H20F2O4/c1-3-4-6-11-16(23)17-18(22)14(12-15(21)19(17)25-2)20(24)26-13-9-7-5-8-10-13/h5,7-10,12H,3-4,6,11H2,1-2H3. The Hall–Kier alpha value is -2.76. The maximum absolute atomic E-state index is 14.8. The fraction of sp³-hybridized carbons (Fsp3) is 0.300. The van der Waals surface area contributed by atoms with Crippen LogP contribution >= 0.6 is 0 Å². The van der Waals surface area contributed by atoms with Gasteiger partial charge in [-0.3, -0.25) is 4.79 Å². The van der Waals surface area contributed by atoms with Crippen LogP contribution in [0.5, 0.6) is 11.5 Å². The molecule has 26 heavy (non-hydrogen) atoms. The quantitative estimate of drug-likeness (QED) is 0.288. The molecule has 0 radical (unpaired) electrons. The van der Waals surface area contributed by atoms with Gasteiger partial charge >= 0.3 is 5.97 Å². The van der Waals surface area contributed by atoms with E-state index in [-0.39, 0.29) is 12.2 Å². The van der Waals surface area contributed by atoms with E-state index in [0.717, 1.165) is 20.0 Å². The molecule has 2 aromatic rings. The molecule has 2 rings (SSSR count). The lowest BCUT2D eigenvalue weighted by molar-refractivity contribution is 0.0729. The number of ether oxygens (including phenoxy) is 2. The highest BCUT2D eigenvalue weighted by atomic mass is 19.1. The van der Waals surface area contributed by atoms with Crippen LogP contribution in [0.15, 0.2) is 36.4 Å². The van der Waals surface area contributed by atoms with E-state index >= 15 is 0 Å². The van der Waals surface area contributed by atoms with Gasteiger partial charge in [-0.1, -0.05) is 38.0 Å². The molecule has 0 aromatic heterocycles. The third-order valence-corrected chi connectivity index (χ3v) is 3.84. The Labute approximate surface area is 150 Å². The lowest BCUT2D eigenvalue weighted by atomic mass is 10.00. The average Bonchev–Trinajstić information content (AvgIpc) is 2.63. The lowest BCUT2D eigenvalue weighted by Gasteiger charge is -2.13. The molecular weight excluding hydrogens is 342 g/mol. The second kappa shape index (κ2) is 9.08. The van der Waals surface area contributed by atoms with Crippen LogP contribution in [0.25, 0.3) is 0 Å². The van der Waals surface area contributed by atoms with E-state index in [4.69, 9.17) is 9.47 Å². The third kappa shape index (κ3) is 4.45. The van der Waals surface area contributed by atoms with Crippen LogP contribution in [-0.4, -0.2) is 18.9 Å². The van der Waals surface area contributed by atoms with E-state index in [1.165, 1.54) is 12.1 Å². The second-order valence-corrected chi connectivity index (χ2v) is 5.71. The molecule has 0 saturated heterocycles. The fourth-order valence-corrected chi connectivity index (χ4v) is 2.52. The molecule has 0 heterocycles. The van der Waals surface area contributed by atoms with Crippen molar-refractivity contribution < 1.29 is 27.8 Å². The molecular formula is C20H20F2O4. The molecule has 0 bridgehead atoms. The normalized spacial score (nSPS) is 10.5. The lowest BCUT2D eigenvalue weighted by Crippen LogP contribution is -2.16. The maximum atomic E-state index is 14.8. The van der Waals surface area contributed by atoms with Crippen molar-refractivity contribution in [3.05, 3.63) is 59.2 Å². The van der Waals surface area contributed by atoms with Gasteiger partial charge in [0.25, 0.3) is 0 Å². The number of para-hydroxylation sites is 1. The molecule has 0 unspecified atom stereocenters. The molecule has 2 aromatic carbocycles. The number of benzene rings is 2. The van der Waals surface area contributed by atoms with Gasteiger partial charge in [0.05, 0.1) is 18.2 Å². The largest absolute Gasteiger partial charge is 0.493 e. The Morgan fingerprint density at radius 2 is 1.77 bits per heavy atom. The van der Waals surface area contributed by atoms with Crippen LogP contribution < -0.4 is 9.47 Å². The molecule has 0 N–H and O–H groups in total. The van der Waals surface area contributed by atoms with E-state index in [9.17, 15) is 18.4 Å². The van der Waals surface area contributed by atoms with Crippen molar-refractivity contribution in [2.24, 2.45) is 0 Å². The van der Waals surface area contributed by atoms with Crippen molar-refractivity contribution in [3.8, 4) is 11.5 Å². The first kappa shape index (κ1) is 19.6. The number of rotatable bonds is 8. The molecule has 0 aliphatic heterocycles. The summed E-state index contributed by atoms with van der Waals surface area (Å²) < 4.78 is 39.0. The predicted octanol–water partition coefficient (Wildman–Crippen LogP) is 4.96. The summed E-state index contributed by atoms with van der Waals surface area (Å²) in [7, 11) is 1.14. The monoisotopic (exact) mass is 362 g/mol. The van der Waals surface area contributed by atoms with Gasteiger partial charge in [0.1, 0.15) is 5.75 Å².